The number of aromatic nitrogens is 2. The van der Waals surface area contributed by atoms with Crippen molar-refractivity contribution in [3.63, 3.8) is 0 Å². The number of amides is 2. The number of anilines is 2. The highest BCUT2D eigenvalue weighted by atomic mass is 32.1. The quantitative estimate of drug-likeness (QED) is 0.428. The van der Waals surface area contributed by atoms with Crippen molar-refractivity contribution in [2.45, 2.75) is 52.5 Å². The number of nitrogens with one attached hydrogen (secondary N) is 1. The highest BCUT2D eigenvalue weighted by Crippen LogP contribution is 2.40. The second-order valence-electron chi connectivity index (χ2n) is 9.81. The van der Waals surface area contributed by atoms with Crippen LogP contribution in [0.25, 0.3) is 10.4 Å². The molecule has 4 rings (SSSR count). The average molecular weight is 509 g/mol. The molecule has 1 aliphatic rings. The molecule has 8 nitrogen and oxygen atoms in total. The molecule has 0 bridgehead atoms. The smallest absolute Gasteiger partial charge is 0.348 e. The van der Waals surface area contributed by atoms with Gasteiger partial charge in [0.25, 0.3) is 5.91 Å². The molecule has 0 radical (unpaired) electrons. The molecule has 190 valence electrons. The molecule has 1 aliphatic carbocycles. The molecule has 1 saturated carbocycles. The van der Waals surface area contributed by atoms with Gasteiger partial charge in [0, 0.05) is 29.6 Å². The van der Waals surface area contributed by atoms with Crippen LogP contribution in [0, 0.1) is 11.8 Å². The molecule has 2 aromatic heterocycles. The van der Waals surface area contributed by atoms with E-state index in [0.29, 0.717) is 23.0 Å². The highest BCUT2D eigenvalue weighted by molar-refractivity contribution is 7.18. The number of carbonyl (C=O) groups is 3. The lowest BCUT2D eigenvalue weighted by molar-refractivity contribution is -0.123. The number of carbonyl (C=O) groups excluding carboxylic acids is 2. The number of imidazole rings is 1. The summed E-state index contributed by atoms with van der Waals surface area (Å²) in [5, 5.41) is 12.8. The zero-order valence-corrected chi connectivity index (χ0v) is 21.8. The van der Waals surface area contributed by atoms with E-state index in [-0.39, 0.29) is 28.7 Å². The van der Waals surface area contributed by atoms with Gasteiger partial charge in [-0.15, -0.1) is 11.3 Å². The third-order valence-electron chi connectivity index (χ3n) is 6.76. The van der Waals surface area contributed by atoms with Crippen LogP contribution < -0.4 is 10.2 Å². The van der Waals surface area contributed by atoms with Gasteiger partial charge in [0.2, 0.25) is 5.91 Å². The molecule has 1 aromatic carbocycles. The van der Waals surface area contributed by atoms with Crippen molar-refractivity contribution in [3.8, 4) is 10.4 Å². The van der Waals surface area contributed by atoms with E-state index in [1.807, 2.05) is 26.0 Å². The molecule has 0 aliphatic heterocycles. The summed E-state index contributed by atoms with van der Waals surface area (Å²) < 4.78 is 1.64. The molecule has 9 heteroatoms. The van der Waals surface area contributed by atoms with Crippen LogP contribution in [-0.2, 0) is 11.8 Å². The van der Waals surface area contributed by atoms with Crippen LogP contribution in [0.5, 0.6) is 0 Å². The first kappa shape index (κ1) is 25.6. The van der Waals surface area contributed by atoms with Gasteiger partial charge in [0.1, 0.15) is 10.6 Å². The summed E-state index contributed by atoms with van der Waals surface area (Å²) in [4.78, 5) is 44.7. The van der Waals surface area contributed by atoms with E-state index < -0.39 is 5.97 Å². The van der Waals surface area contributed by atoms with Gasteiger partial charge < -0.3 is 19.9 Å². The van der Waals surface area contributed by atoms with Crippen LogP contribution in [0.2, 0.25) is 0 Å². The van der Waals surface area contributed by atoms with Gasteiger partial charge in [-0.2, -0.15) is 0 Å². The van der Waals surface area contributed by atoms with Gasteiger partial charge in [-0.1, -0.05) is 19.1 Å². The Morgan fingerprint density at radius 2 is 1.81 bits per heavy atom. The maximum atomic E-state index is 13.5. The van der Waals surface area contributed by atoms with Crippen molar-refractivity contribution >= 4 is 40.5 Å². The molecule has 0 spiro atoms. The Morgan fingerprint density at radius 1 is 1.14 bits per heavy atom. The molecule has 0 atom stereocenters. The minimum absolute atomic E-state index is 0.0111. The van der Waals surface area contributed by atoms with E-state index in [4.69, 9.17) is 0 Å². The van der Waals surface area contributed by atoms with Crippen molar-refractivity contribution in [1.82, 2.24) is 9.55 Å². The monoisotopic (exact) mass is 508 g/mol. The first-order valence-corrected chi connectivity index (χ1v) is 13.1. The van der Waals surface area contributed by atoms with E-state index in [0.717, 1.165) is 47.5 Å². The van der Waals surface area contributed by atoms with Crippen molar-refractivity contribution in [2.24, 2.45) is 18.9 Å². The minimum atomic E-state index is -1.04. The van der Waals surface area contributed by atoms with Gasteiger partial charge >= 0.3 is 5.97 Å². The number of carboxylic acid groups (broad SMARTS) is 1. The van der Waals surface area contributed by atoms with Gasteiger partial charge in [-0.05, 0) is 69.2 Å². The molecule has 1 fully saturated rings. The first-order chi connectivity index (χ1) is 17.2. The second-order valence-corrected chi connectivity index (χ2v) is 10.9. The molecule has 2 N–H and O–H groups in total. The lowest BCUT2D eigenvalue weighted by Gasteiger charge is -2.33. The summed E-state index contributed by atoms with van der Waals surface area (Å²) in [6.07, 6.45) is 6.79. The largest absolute Gasteiger partial charge is 0.477 e. The first-order valence-electron chi connectivity index (χ1n) is 12.2. The van der Waals surface area contributed by atoms with Crippen LogP contribution in [0.3, 0.4) is 0 Å². The Hall–Kier alpha value is -3.46. The van der Waals surface area contributed by atoms with Crippen LogP contribution in [0.4, 0.5) is 11.4 Å². The van der Waals surface area contributed by atoms with Crippen molar-refractivity contribution in [2.75, 3.05) is 10.2 Å². The minimum Gasteiger partial charge on any atom is -0.477 e. The number of thiophene rings is 1. The number of hydrogen-bond donors (Lipinski definition) is 2. The summed E-state index contributed by atoms with van der Waals surface area (Å²) in [7, 11) is 1.75. The van der Waals surface area contributed by atoms with Crippen LogP contribution in [-0.4, -0.2) is 38.5 Å². The summed E-state index contributed by atoms with van der Waals surface area (Å²) in [6.45, 7) is 6.06. The molecule has 2 amide bonds. The number of hydrogen-bond acceptors (Lipinski definition) is 5. The van der Waals surface area contributed by atoms with Crippen molar-refractivity contribution in [3.05, 3.63) is 53.4 Å². The molecular weight excluding hydrogens is 476 g/mol. The topological polar surface area (TPSA) is 105 Å². The van der Waals surface area contributed by atoms with Gasteiger partial charge in [-0.3, -0.25) is 9.59 Å². The standard InChI is InChI=1S/C27H32N4O4S/c1-16(2)31(26(33)19-7-5-17(3)6-8-19)21-13-23(36-24(21)27(34)35)18-9-11-20(12-10-18)29-25(32)22-14-28-15-30(22)4/h9-17,19H,5-8H2,1-4H3,(H,29,32)(H,34,35). The molecule has 36 heavy (non-hydrogen) atoms. The van der Waals surface area contributed by atoms with Crippen LogP contribution >= 0.6 is 11.3 Å². The fourth-order valence-electron chi connectivity index (χ4n) is 4.70. The molecule has 2 heterocycles. The van der Waals surface area contributed by atoms with Crippen molar-refractivity contribution < 1.29 is 19.5 Å². The maximum Gasteiger partial charge on any atom is 0.348 e. The number of rotatable bonds is 7. The number of carboxylic acids is 1. The van der Waals surface area contributed by atoms with Crippen LogP contribution in [0.1, 0.15) is 66.6 Å². The number of aryl methyl sites for hydroxylation is 1. The lowest BCUT2D eigenvalue weighted by atomic mass is 9.82. The number of nitrogens with zero attached hydrogens (tertiary/aromatic N) is 3. The number of benzene rings is 1. The summed E-state index contributed by atoms with van der Waals surface area (Å²) in [5.74, 6) is -0.747. The van der Waals surface area contributed by atoms with E-state index in [2.05, 4.69) is 17.2 Å². The van der Waals surface area contributed by atoms with E-state index in [9.17, 15) is 19.5 Å². The highest BCUT2D eigenvalue weighted by Gasteiger charge is 2.33. The molecule has 0 unspecified atom stereocenters. The van der Waals surface area contributed by atoms with Crippen LogP contribution in [0.15, 0.2) is 42.9 Å². The Bertz CT molecular complexity index is 1250. The second kappa shape index (κ2) is 10.7. The zero-order chi connectivity index (χ0) is 26.0. The fourth-order valence-corrected chi connectivity index (χ4v) is 5.69. The average Bonchev–Trinajstić information content (AvgIpc) is 3.47. The predicted octanol–water partition coefficient (Wildman–Crippen LogP) is 5.67. The molecule has 3 aromatic rings. The summed E-state index contributed by atoms with van der Waals surface area (Å²) in [6, 6.07) is 8.87. The summed E-state index contributed by atoms with van der Waals surface area (Å²) >= 11 is 1.16. The van der Waals surface area contributed by atoms with Gasteiger partial charge in [0.05, 0.1) is 18.2 Å². The Morgan fingerprint density at radius 3 is 2.36 bits per heavy atom. The fraction of sp³-hybridized carbons (Fsp3) is 0.407. The Kier molecular flexibility index (Phi) is 7.59. The number of aromatic carboxylic acids is 1. The Labute approximate surface area is 215 Å². The molecular formula is C27H32N4O4S. The molecule has 0 saturated heterocycles. The predicted molar refractivity (Wildman–Crippen MR) is 142 cm³/mol. The van der Waals surface area contributed by atoms with Gasteiger partial charge in [0.15, 0.2) is 0 Å². The Balaban J connectivity index is 1.59. The van der Waals surface area contributed by atoms with E-state index >= 15 is 0 Å². The third kappa shape index (κ3) is 5.36. The zero-order valence-electron chi connectivity index (χ0n) is 21.0. The normalized spacial score (nSPS) is 17.7. The van der Waals surface area contributed by atoms with E-state index in [1.54, 1.807) is 41.0 Å². The third-order valence-corrected chi connectivity index (χ3v) is 7.92. The van der Waals surface area contributed by atoms with E-state index in [1.165, 1.54) is 6.20 Å². The lowest BCUT2D eigenvalue weighted by Crippen LogP contribution is -2.42. The summed E-state index contributed by atoms with van der Waals surface area (Å²) in [5.41, 5.74) is 2.33. The SMILES string of the molecule is CC1CCC(C(=O)N(c2cc(-c3ccc(NC(=O)c4cncn4C)cc3)sc2C(=O)O)C(C)C)CC1. The maximum absolute atomic E-state index is 13.5. The van der Waals surface area contributed by atoms with Crippen molar-refractivity contribution in [1.29, 1.82) is 0 Å². The van der Waals surface area contributed by atoms with Gasteiger partial charge in [-0.25, -0.2) is 9.78 Å².